The number of anilines is 1. The van der Waals surface area contributed by atoms with Gasteiger partial charge in [-0.05, 0) is 44.3 Å². The van der Waals surface area contributed by atoms with Crippen molar-refractivity contribution in [1.82, 2.24) is 9.80 Å². The van der Waals surface area contributed by atoms with E-state index in [1.54, 1.807) is 25.2 Å². The molecule has 140 valence electrons. The summed E-state index contributed by atoms with van der Waals surface area (Å²) in [4.78, 5) is 27.6. The second-order valence-electron chi connectivity index (χ2n) is 6.11. The predicted octanol–water partition coefficient (Wildman–Crippen LogP) is 3.42. The van der Waals surface area contributed by atoms with Gasteiger partial charge >= 0.3 is 0 Å². The normalized spacial score (nSPS) is 10.8. The number of aryl methyl sites for hydroxylation is 1. The van der Waals surface area contributed by atoms with Gasteiger partial charge in [0.05, 0.1) is 29.7 Å². The number of benzene rings is 1. The Morgan fingerprint density at radius 2 is 1.81 bits per heavy atom. The number of nitrogens with zero attached hydrogens (tertiary/aromatic N) is 2. The molecule has 2 rings (SSSR count). The molecule has 26 heavy (non-hydrogen) atoms. The van der Waals surface area contributed by atoms with Gasteiger partial charge in [-0.25, -0.2) is 0 Å². The first-order valence-corrected chi connectivity index (χ1v) is 8.73. The Bertz CT molecular complexity index is 792. The summed E-state index contributed by atoms with van der Waals surface area (Å²) >= 11 is 11.8. The zero-order valence-electron chi connectivity index (χ0n) is 14.9. The van der Waals surface area contributed by atoms with E-state index in [0.29, 0.717) is 22.3 Å². The molecule has 0 bridgehead atoms. The highest BCUT2D eigenvalue weighted by Crippen LogP contribution is 2.24. The van der Waals surface area contributed by atoms with Gasteiger partial charge in [0.15, 0.2) is 0 Å². The summed E-state index contributed by atoms with van der Waals surface area (Å²) < 4.78 is 5.49. The van der Waals surface area contributed by atoms with Gasteiger partial charge in [0, 0.05) is 12.7 Å². The summed E-state index contributed by atoms with van der Waals surface area (Å²) in [6, 6.07) is 8.56. The van der Waals surface area contributed by atoms with Crippen molar-refractivity contribution in [2.24, 2.45) is 0 Å². The van der Waals surface area contributed by atoms with Crippen LogP contribution >= 0.6 is 23.2 Å². The highest BCUT2D eigenvalue weighted by atomic mass is 35.5. The molecule has 1 heterocycles. The minimum absolute atomic E-state index is 0.0627. The van der Waals surface area contributed by atoms with Crippen molar-refractivity contribution in [3.8, 4) is 0 Å². The second kappa shape index (κ2) is 9.07. The average Bonchev–Trinajstić information content (AvgIpc) is 2.95. The Balaban J connectivity index is 1.81. The van der Waals surface area contributed by atoms with Crippen molar-refractivity contribution >= 4 is 40.7 Å². The van der Waals surface area contributed by atoms with Crippen LogP contribution in [0.2, 0.25) is 10.0 Å². The van der Waals surface area contributed by atoms with E-state index in [-0.39, 0.29) is 24.9 Å². The summed E-state index contributed by atoms with van der Waals surface area (Å²) in [5.41, 5.74) is 0.524. The molecule has 1 aromatic heterocycles. The summed E-state index contributed by atoms with van der Waals surface area (Å²) in [5.74, 6) is 1.14. The zero-order valence-corrected chi connectivity index (χ0v) is 16.4. The van der Waals surface area contributed by atoms with Crippen LogP contribution in [0.3, 0.4) is 0 Å². The quantitative estimate of drug-likeness (QED) is 0.776. The Hall–Kier alpha value is -2.02. The van der Waals surface area contributed by atoms with Gasteiger partial charge in [-0.15, -0.1) is 0 Å². The van der Waals surface area contributed by atoms with Gasteiger partial charge in [-0.1, -0.05) is 23.2 Å². The van der Waals surface area contributed by atoms with Gasteiger partial charge in [0.1, 0.15) is 11.5 Å². The van der Waals surface area contributed by atoms with Crippen molar-refractivity contribution in [3.63, 3.8) is 0 Å². The molecule has 0 aliphatic carbocycles. The third-order valence-corrected chi connectivity index (χ3v) is 4.38. The number of amides is 2. The van der Waals surface area contributed by atoms with Crippen LogP contribution in [0.25, 0.3) is 0 Å². The number of carbonyl (C=O) groups is 2. The van der Waals surface area contributed by atoms with Gasteiger partial charge in [-0.2, -0.15) is 0 Å². The van der Waals surface area contributed by atoms with Gasteiger partial charge in [0.2, 0.25) is 11.8 Å². The number of hydrogen-bond acceptors (Lipinski definition) is 4. The predicted molar refractivity (Wildman–Crippen MR) is 103 cm³/mol. The molecule has 0 unspecified atom stereocenters. The minimum Gasteiger partial charge on any atom is -0.465 e. The monoisotopic (exact) mass is 397 g/mol. The average molecular weight is 398 g/mol. The molecule has 0 radical (unpaired) electrons. The molecule has 0 aliphatic heterocycles. The zero-order chi connectivity index (χ0) is 19.3. The molecular formula is C18H21Cl2N3O3. The van der Waals surface area contributed by atoms with Crippen LogP contribution in [-0.4, -0.2) is 48.8 Å². The molecule has 2 amide bonds. The number of hydrogen-bond donors (Lipinski definition) is 1. The minimum atomic E-state index is -0.316. The Labute approximate surface area is 162 Å². The molecule has 0 saturated carbocycles. The smallest absolute Gasteiger partial charge is 0.243 e. The van der Waals surface area contributed by atoms with E-state index < -0.39 is 0 Å². The fraction of sp³-hybridized carbons (Fsp3) is 0.333. The van der Waals surface area contributed by atoms with Crippen molar-refractivity contribution in [1.29, 1.82) is 0 Å². The number of nitrogens with one attached hydrogen (secondary N) is 1. The lowest BCUT2D eigenvalue weighted by atomic mass is 10.3. The standard InChI is InChI=1S/C18H21Cl2N3O3/c1-12-4-6-14(26-12)9-22(2)11-18(25)23(3)10-17(24)21-13-5-7-15(19)16(20)8-13/h4-8H,9-11H2,1-3H3,(H,21,24). The number of likely N-dealkylation sites (N-methyl/N-ethyl adjacent to an activating group) is 2. The van der Waals surface area contributed by atoms with Crippen LogP contribution in [-0.2, 0) is 16.1 Å². The lowest BCUT2D eigenvalue weighted by molar-refractivity contribution is -0.134. The van der Waals surface area contributed by atoms with Crippen LogP contribution in [0.4, 0.5) is 5.69 Å². The van der Waals surface area contributed by atoms with Crippen LogP contribution in [0.15, 0.2) is 34.7 Å². The van der Waals surface area contributed by atoms with E-state index in [2.05, 4.69) is 5.32 Å². The summed E-state index contributed by atoms with van der Waals surface area (Å²) in [6.07, 6.45) is 0. The molecule has 1 aromatic carbocycles. The summed E-state index contributed by atoms with van der Waals surface area (Å²) in [6.45, 7) is 2.50. The lowest BCUT2D eigenvalue weighted by Crippen LogP contribution is -2.40. The number of furan rings is 1. The molecule has 0 fully saturated rings. The molecule has 2 aromatic rings. The fourth-order valence-electron chi connectivity index (χ4n) is 2.32. The first kappa shape index (κ1) is 20.3. The van der Waals surface area contributed by atoms with Crippen molar-refractivity contribution < 1.29 is 14.0 Å². The van der Waals surface area contributed by atoms with E-state index in [9.17, 15) is 9.59 Å². The van der Waals surface area contributed by atoms with Gasteiger partial charge in [-0.3, -0.25) is 14.5 Å². The molecule has 0 aliphatic rings. The maximum atomic E-state index is 12.3. The first-order valence-electron chi connectivity index (χ1n) is 7.97. The van der Waals surface area contributed by atoms with Gasteiger partial charge in [0.25, 0.3) is 0 Å². The van der Waals surface area contributed by atoms with Crippen LogP contribution < -0.4 is 5.32 Å². The Morgan fingerprint density at radius 1 is 1.08 bits per heavy atom. The number of rotatable bonds is 7. The van der Waals surface area contributed by atoms with E-state index in [1.165, 1.54) is 4.90 Å². The third-order valence-electron chi connectivity index (χ3n) is 3.64. The van der Waals surface area contributed by atoms with E-state index in [1.807, 2.05) is 31.0 Å². The Kier molecular flexibility index (Phi) is 7.08. The highest BCUT2D eigenvalue weighted by Gasteiger charge is 2.16. The largest absolute Gasteiger partial charge is 0.465 e. The highest BCUT2D eigenvalue weighted by molar-refractivity contribution is 6.42. The van der Waals surface area contributed by atoms with Crippen LogP contribution in [0, 0.1) is 6.92 Å². The third kappa shape index (κ3) is 6.05. The molecule has 0 spiro atoms. The fourth-order valence-corrected chi connectivity index (χ4v) is 2.62. The molecule has 1 N–H and O–H groups in total. The molecule has 0 saturated heterocycles. The molecular weight excluding hydrogens is 377 g/mol. The van der Waals surface area contributed by atoms with E-state index >= 15 is 0 Å². The second-order valence-corrected chi connectivity index (χ2v) is 6.93. The van der Waals surface area contributed by atoms with Crippen LogP contribution in [0.5, 0.6) is 0 Å². The maximum Gasteiger partial charge on any atom is 0.243 e. The van der Waals surface area contributed by atoms with E-state index in [0.717, 1.165) is 11.5 Å². The topological polar surface area (TPSA) is 65.8 Å². The maximum absolute atomic E-state index is 12.3. The summed E-state index contributed by atoms with van der Waals surface area (Å²) in [7, 11) is 3.40. The van der Waals surface area contributed by atoms with Crippen molar-refractivity contribution in [2.75, 3.05) is 32.5 Å². The van der Waals surface area contributed by atoms with Crippen molar-refractivity contribution in [3.05, 3.63) is 51.9 Å². The summed E-state index contributed by atoms with van der Waals surface area (Å²) in [5, 5.41) is 3.45. The molecule has 0 atom stereocenters. The Morgan fingerprint density at radius 3 is 2.42 bits per heavy atom. The lowest BCUT2D eigenvalue weighted by Gasteiger charge is -2.21. The first-order chi connectivity index (χ1) is 12.2. The number of halogens is 2. The molecule has 6 nitrogen and oxygen atoms in total. The van der Waals surface area contributed by atoms with E-state index in [4.69, 9.17) is 27.6 Å². The molecule has 8 heteroatoms. The van der Waals surface area contributed by atoms with Gasteiger partial charge < -0.3 is 14.6 Å². The SMILES string of the molecule is Cc1ccc(CN(C)CC(=O)N(C)CC(=O)Nc2ccc(Cl)c(Cl)c2)o1. The number of carbonyl (C=O) groups excluding carboxylic acids is 2. The van der Waals surface area contributed by atoms with Crippen LogP contribution in [0.1, 0.15) is 11.5 Å². The van der Waals surface area contributed by atoms with Crippen molar-refractivity contribution in [2.45, 2.75) is 13.5 Å².